The lowest BCUT2D eigenvalue weighted by molar-refractivity contribution is -0.120. The molecule has 1 unspecified atom stereocenters. The summed E-state index contributed by atoms with van der Waals surface area (Å²) in [5, 5.41) is 5.36. The summed E-state index contributed by atoms with van der Waals surface area (Å²) in [5.74, 6) is -0.382. The number of nitrogens with zero attached hydrogens (tertiary/aromatic N) is 1. The van der Waals surface area contributed by atoms with Crippen molar-refractivity contribution in [3.05, 3.63) is 24.3 Å². The van der Waals surface area contributed by atoms with Crippen molar-refractivity contribution in [1.82, 2.24) is 5.32 Å². The standard InChI is InChI=1S/C18H23N3O4/c1-18(2,3)25-17(24)20-13-10-21(16(23)11-8-9-11)14-7-5-4-6-12(14)19-15(13)22/h4-7,11,13H,8-10H2,1-3H3,(H,19,22)(H,20,24). The largest absolute Gasteiger partial charge is 0.444 e. The first-order valence-electron chi connectivity index (χ1n) is 8.45. The number of benzene rings is 1. The molecule has 1 heterocycles. The van der Waals surface area contributed by atoms with E-state index in [9.17, 15) is 14.4 Å². The first-order valence-corrected chi connectivity index (χ1v) is 8.45. The van der Waals surface area contributed by atoms with Gasteiger partial charge in [-0.25, -0.2) is 4.79 Å². The number of carbonyl (C=O) groups excluding carboxylic acids is 3. The van der Waals surface area contributed by atoms with Gasteiger partial charge in [-0.2, -0.15) is 0 Å². The average Bonchev–Trinajstić information content (AvgIpc) is 3.34. The number of alkyl carbamates (subject to hydrolysis) is 1. The van der Waals surface area contributed by atoms with Crippen LogP contribution in [0.15, 0.2) is 24.3 Å². The molecule has 7 heteroatoms. The second-order valence-corrected chi connectivity index (χ2v) is 7.43. The van der Waals surface area contributed by atoms with Crippen molar-refractivity contribution in [3.8, 4) is 0 Å². The average molecular weight is 345 g/mol. The topological polar surface area (TPSA) is 87.7 Å². The van der Waals surface area contributed by atoms with Gasteiger partial charge in [-0.15, -0.1) is 0 Å². The lowest BCUT2D eigenvalue weighted by Gasteiger charge is -2.26. The molecular formula is C18H23N3O4. The summed E-state index contributed by atoms with van der Waals surface area (Å²) < 4.78 is 5.23. The van der Waals surface area contributed by atoms with Gasteiger partial charge >= 0.3 is 6.09 Å². The van der Waals surface area contributed by atoms with Gasteiger partial charge in [0.2, 0.25) is 11.8 Å². The monoisotopic (exact) mass is 345 g/mol. The molecule has 1 aromatic carbocycles. The summed E-state index contributed by atoms with van der Waals surface area (Å²) >= 11 is 0. The van der Waals surface area contributed by atoms with Gasteiger partial charge < -0.3 is 20.3 Å². The first kappa shape index (κ1) is 17.3. The van der Waals surface area contributed by atoms with Crippen LogP contribution in [-0.2, 0) is 14.3 Å². The molecule has 1 aromatic rings. The van der Waals surface area contributed by atoms with E-state index in [2.05, 4.69) is 10.6 Å². The lowest BCUT2D eigenvalue weighted by Crippen LogP contribution is -2.51. The third-order valence-corrected chi connectivity index (χ3v) is 4.02. The van der Waals surface area contributed by atoms with Crippen molar-refractivity contribution in [2.75, 3.05) is 16.8 Å². The molecule has 1 aliphatic carbocycles. The number of rotatable bonds is 2. The summed E-state index contributed by atoms with van der Waals surface area (Å²) in [4.78, 5) is 38.9. The number of nitrogens with one attached hydrogen (secondary N) is 2. The van der Waals surface area contributed by atoms with Gasteiger partial charge in [-0.05, 0) is 45.7 Å². The predicted octanol–water partition coefficient (Wildman–Crippen LogP) is 2.27. The second kappa shape index (κ2) is 6.38. The molecule has 1 fully saturated rings. The van der Waals surface area contributed by atoms with Crippen molar-refractivity contribution in [2.45, 2.75) is 45.3 Å². The van der Waals surface area contributed by atoms with E-state index < -0.39 is 17.7 Å². The molecule has 134 valence electrons. The highest BCUT2D eigenvalue weighted by Crippen LogP contribution is 2.36. The Labute approximate surface area is 146 Å². The van der Waals surface area contributed by atoms with E-state index in [1.165, 1.54) is 0 Å². The number of amides is 3. The zero-order valence-electron chi connectivity index (χ0n) is 14.7. The summed E-state index contributed by atoms with van der Waals surface area (Å²) in [6, 6.07) is 6.27. The molecule has 1 atom stereocenters. The normalized spacial score (nSPS) is 20.2. The maximum Gasteiger partial charge on any atom is 0.408 e. The van der Waals surface area contributed by atoms with Crippen molar-refractivity contribution < 1.29 is 19.1 Å². The Hall–Kier alpha value is -2.57. The molecule has 25 heavy (non-hydrogen) atoms. The fourth-order valence-corrected chi connectivity index (χ4v) is 2.72. The van der Waals surface area contributed by atoms with E-state index in [1.807, 2.05) is 6.07 Å². The first-order chi connectivity index (χ1) is 11.7. The van der Waals surface area contributed by atoms with Gasteiger partial charge in [0.05, 0.1) is 17.9 Å². The number of carbonyl (C=O) groups is 3. The van der Waals surface area contributed by atoms with E-state index in [0.29, 0.717) is 11.4 Å². The second-order valence-electron chi connectivity index (χ2n) is 7.43. The highest BCUT2D eigenvalue weighted by molar-refractivity contribution is 6.07. The third-order valence-electron chi connectivity index (χ3n) is 4.02. The van der Waals surface area contributed by atoms with Crippen molar-refractivity contribution in [2.24, 2.45) is 5.92 Å². The maximum absolute atomic E-state index is 12.7. The van der Waals surface area contributed by atoms with E-state index >= 15 is 0 Å². The van der Waals surface area contributed by atoms with Gasteiger partial charge in [0, 0.05) is 5.92 Å². The minimum absolute atomic E-state index is 0.00318. The molecule has 0 bridgehead atoms. The molecule has 0 radical (unpaired) electrons. The summed E-state index contributed by atoms with van der Waals surface area (Å²) in [5.41, 5.74) is 0.550. The fraction of sp³-hybridized carbons (Fsp3) is 0.500. The Morgan fingerprint density at radius 3 is 2.56 bits per heavy atom. The summed E-state index contributed by atoms with van der Waals surface area (Å²) in [6.07, 6.45) is 1.05. The number of para-hydroxylation sites is 2. The minimum Gasteiger partial charge on any atom is -0.444 e. The molecular weight excluding hydrogens is 322 g/mol. The van der Waals surface area contributed by atoms with E-state index in [4.69, 9.17) is 4.74 Å². The molecule has 0 aromatic heterocycles. The highest BCUT2D eigenvalue weighted by atomic mass is 16.6. The van der Waals surface area contributed by atoms with Crippen LogP contribution >= 0.6 is 0 Å². The van der Waals surface area contributed by atoms with Crippen molar-refractivity contribution >= 4 is 29.3 Å². The number of hydrogen-bond donors (Lipinski definition) is 2. The molecule has 3 amide bonds. The van der Waals surface area contributed by atoms with E-state index in [0.717, 1.165) is 12.8 Å². The van der Waals surface area contributed by atoms with Crippen LogP contribution in [0.4, 0.5) is 16.2 Å². The number of anilines is 2. The fourth-order valence-electron chi connectivity index (χ4n) is 2.72. The van der Waals surface area contributed by atoms with Crippen LogP contribution in [0.2, 0.25) is 0 Å². The molecule has 7 nitrogen and oxygen atoms in total. The number of hydrogen-bond acceptors (Lipinski definition) is 4. The summed E-state index contributed by atoms with van der Waals surface area (Å²) in [6.45, 7) is 5.33. The molecule has 1 saturated carbocycles. The number of ether oxygens (including phenoxy) is 1. The minimum atomic E-state index is -0.884. The summed E-state index contributed by atoms with van der Waals surface area (Å²) in [7, 11) is 0. The Morgan fingerprint density at radius 2 is 1.92 bits per heavy atom. The van der Waals surface area contributed by atoms with Gasteiger partial charge in [0.25, 0.3) is 0 Å². The van der Waals surface area contributed by atoms with Gasteiger partial charge in [0.15, 0.2) is 0 Å². The third kappa shape index (κ3) is 4.10. The van der Waals surface area contributed by atoms with Crippen molar-refractivity contribution in [1.29, 1.82) is 0 Å². The Kier molecular flexibility index (Phi) is 4.41. The Bertz CT molecular complexity index is 707. The van der Waals surface area contributed by atoms with Crippen LogP contribution in [0.25, 0.3) is 0 Å². The zero-order valence-corrected chi connectivity index (χ0v) is 14.7. The molecule has 2 N–H and O–H groups in total. The van der Waals surface area contributed by atoms with E-state index in [1.54, 1.807) is 43.9 Å². The van der Waals surface area contributed by atoms with E-state index in [-0.39, 0.29) is 24.3 Å². The zero-order chi connectivity index (χ0) is 18.2. The van der Waals surface area contributed by atoms with Crippen LogP contribution < -0.4 is 15.5 Å². The van der Waals surface area contributed by atoms with Crippen LogP contribution in [-0.4, -0.2) is 36.1 Å². The van der Waals surface area contributed by atoms with Gasteiger partial charge in [0.1, 0.15) is 11.6 Å². The quantitative estimate of drug-likeness (QED) is 0.861. The van der Waals surface area contributed by atoms with Gasteiger partial charge in [-0.3, -0.25) is 9.59 Å². The molecule has 0 saturated heterocycles. The highest BCUT2D eigenvalue weighted by Gasteiger charge is 2.39. The van der Waals surface area contributed by atoms with Crippen LogP contribution in [0.5, 0.6) is 0 Å². The molecule has 2 aliphatic rings. The lowest BCUT2D eigenvalue weighted by atomic mass is 10.2. The number of fused-ring (bicyclic) bond motifs is 1. The van der Waals surface area contributed by atoms with Gasteiger partial charge in [-0.1, -0.05) is 12.1 Å². The Morgan fingerprint density at radius 1 is 1.24 bits per heavy atom. The smallest absolute Gasteiger partial charge is 0.408 e. The van der Waals surface area contributed by atoms with Crippen molar-refractivity contribution in [3.63, 3.8) is 0 Å². The maximum atomic E-state index is 12.7. The molecule has 0 spiro atoms. The molecule has 1 aliphatic heterocycles. The predicted molar refractivity (Wildman–Crippen MR) is 93.3 cm³/mol. The SMILES string of the molecule is CC(C)(C)OC(=O)NC1CN(C(=O)C2CC2)c2ccccc2NC1=O. The van der Waals surface area contributed by atoms with Crippen LogP contribution in [0.1, 0.15) is 33.6 Å². The Balaban J connectivity index is 1.83. The van der Waals surface area contributed by atoms with Crippen LogP contribution in [0.3, 0.4) is 0 Å². The molecule has 3 rings (SSSR count). The van der Waals surface area contributed by atoms with Crippen LogP contribution in [0, 0.1) is 5.92 Å².